The number of aryl methyl sites for hydroxylation is 1. The highest BCUT2D eigenvalue weighted by Crippen LogP contribution is 2.21. The van der Waals surface area contributed by atoms with Gasteiger partial charge in [-0.25, -0.2) is 4.98 Å². The lowest BCUT2D eigenvalue weighted by molar-refractivity contribution is 0.0564. The number of rotatable bonds is 4. The molecule has 1 fully saturated rings. The van der Waals surface area contributed by atoms with Crippen molar-refractivity contribution >= 4 is 17.2 Å². The maximum atomic E-state index is 11.7. The van der Waals surface area contributed by atoms with Gasteiger partial charge >= 0.3 is 0 Å². The van der Waals surface area contributed by atoms with E-state index in [4.69, 9.17) is 5.11 Å². The monoisotopic (exact) mass is 240 g/mol. The molecule has 0 aliphatic heterocycles. The highest BCUT2D eigenvalue weighted by molar-refractivity contribution is 7.13. The fourth-order valence-corrected chi connectivity index (χ4v) is 2.63. The van der Waals surface area contributed by atoms with Gasteiger partial charge in [0.15, 0.2) is 0 Å². The Morgan fingerprint density at radius 1 is 1.69 bits per heavy atom. The number of carbonyl (C=O) groups is 1. The first-order chi connectivity index (χ1) is 7.69. The van der Waals surface area contributed by atoms with Crippen LogP contribution in [0.15, 0.2) is 6.20 Å². The van der Waals surface area contributed by atoms with Crippen LogP contribution in [0.3, 0.4) is 0 Å². The van der Waals surface area contributed by atoms with Crippen molar-refractivity contribution in [2.45, 2.75) is 44.8 Å². The van der Waals surface area contributed by atoms with Crippen LogP contribution in [0.25, 0.3) is 0 Å². The molecule has 4 nitrogen and oxygen atoms in total. The Kier molecular flexibility index (Phi) is 3.56. The molecule has 5 heteroatoms. The maximum absolute atomic E-state index is 11.7. The Labute approximate surface area is 98.7 Å². The third-order valence-corrected chi connectivity index (χ3v) is 3.75. The number of aromatic nitrogens is 1. The van der Waals surface area contributed by atoms with Gasteiger partial charge in [-0.15, -0.1) is 11.3 Å². The van der Waals surface area contributed by atoms with E-state index in [1.54, 1.807) is 6.20 Å². The van der Waals surface area contributed by atoms with Crippen molar-refractivity contribution in [1.29, 1.82) is 0 Å². The second-order valence-corrected chi connectivity index (χ2v) is 5.28. The highest BCUT2D eigenvalue weighted by atomic mass is 32.1. The first-order valence-corrected chi connectivity index (χ1v) is 6.44. The van der Waals surface area contributed by atoms with E-state index >= 15 is 0 Å². The molecule has 1 aliphatic rings. The smallest absolute Gasteiger partial charge is 0.263 e. The van der Waals surface area contributed by atoms with Gasteiger partial charge in [-0.1, -0.05) is 6.92 Å². The molecule has 0 saturated heterocycles. The average molecular weight is 240 g/mol. The van der Waals surface area contributed by atoms with Gasteiger partial charge in [0.2, 0.25) is 0 Å². The van der Waals surface area contributed by atoms with Crippen LogP contribution in [0.2, 0.25) is 0 Å². The number of aliphatic hydroxyl groups excluding tert-OH is 1. The SMILES string of the molecule is CCCc1ncc(C(=O)NC2CC(O)C2)s1. The van der Waals surface area contributed by atoms with Gasteiger partial charge in [0.1, 0.15) is 4.88 Å². The zero-order valence-electron chi connectivity index (χ0n) is 9.27. The van der Waals surface area contributed by atoms with E-state index in [0.29, 0.717) is 17.7 Å². The van der Waals surface area contributed by atoms with Crippen molar-refractivity contribution in [3.63, 3.8) is 0 Å². The maximum Gasteiger partial charge on any atom is 0.263 e. The van der Waals surface area contributed by atoms with Gasteiger partial charge in [0.25, 0.3) is 5.91 Å². The summed E-state index contributed by atoms with van der Waals surface area (Å²) in [6.07, 6.45) is 4.73. The van der Waals surface area contributed by atoms with Gasteiger partial charge in [-0.05, 0) is 25.7 Å². The zero-order chi connectivity index (χ0) is 11.5. The van der Waals surface area contributed by atoms with Crippen LogP contribution >= 0.6 is 11.3 Å². The van der Waals surface area contributed by atoms with Crippen LogP contribution in [-0.2, 0) is 6.42 Å². The Morgan fingerprint density at radius 3 is 3.06 bits per heavy atom. The fourth-order valence-electron chi connectivity index (χ4n) is 1.71. The summed E-state index contributed by atoms with van der Waals surface area (Å²) in [6.45, 7) is 2.09. The fraction of sp³-hybridized carbons (Fsp3) is 0.636. The van der Waals surface area contributed by atoms with Crippen LogP contribution in [0.1, 0.15) is 40.9 Å². The summed E-state index contributed by atoms with van der Waals surface area (Å²) >= 11 is 1.46. The van der Waals surface area contributed by atoms with Gasteiger partial charge in [0.05, 0.1) is 17.3 Å². The predicted octanol–water partition coefficient (Wildman–Crippen LogP) is 1.35. The largest absolute Gasteiger partial charge is 0.393 e. The Balaban J connectivity index is 1.88. The molecule has 88 valence electrons. The van der Waals surface area contributed by atoms with Crippen LogP contribution in [-0.4, -0.2) is 28.1 Å². The second kappa shape index (κ2) is 4.93. The van der Waals surface area contributed by atoms with E-state index in [2.05, 4.69) is 17.2 Å². The quantitative estimate of drug-likeness (QED) is 0.835. The lowest BCUT2D eigenvalue weighted by atomic mass is 9.89. The summed E-state index contributed by atoms with van der Waals surface area (Å²) in [5.41, 5.74) is 0. The Bertz CT molecular complexity index is 372. The minimum absolute atomic E-state index is 0.0586. The van der Waals surface area contributed by atoms with Crippen LogP contribution in [0, 0.1) is 0 Å². The summed E-state index contributed by atoms with van der Waals surface area (Å²) in [5, 5.41) is 13.0. The molecule has 0 bridgehead atoms. The van der Waals surface area contributed by atoms with E-state index in [9.17, 15) is 4.79 Å². The molecule has 0 spiro atoms. The molecular formula is C11H16N2O2S. The number of carbonyl (C=O) groups excluding carboxylic acids is 1. The predicted molar refractivity (Wildman–Crippen MR) is 62.6 cm³/mol. The van der Waals surface area contributed by atoms with Crippen LogP contribution in [0.4, 0.5) is 0 Å². The molecule has 1 aromatic rings. The molecule has 0 atom stereocenters. The molecule has 0 aromatic carbocycles. The first kappa shape index (κ1) is 11.5. The van der Waals surface area contributed by atoms with Crippen molar-refractivity contribution in [2.75, 3.05) is 0 Å². The van der Waals surface area contributed by atoms with Crippen molar-refractivity contribution < 1.29 is 9.90 Å². The molecule has 0 radical (unpaired) electrons. The third-order valence-electron chi connectivity index (χ3n) is 2.69. The second-order valence-electron chi connectivity index (χ2n) is 4.16. The molecule has 1 heterocycles. The lowest BCUT2D eigenvalue weighted by Gasteiger charge is -2.31. The average Bonchev–Trinajstić information content (AvgIpc) is 2.64. The first-order valence-electron chi connectivity index (χ1n) is 5.62. The summed E-state index contributed by atoms with van der Waals surface area (Å²) in [6, 6.07) is 0.138. The Morgan fingerprint density at radius 2 is 2.44 bits per heavy atom. The number of aliphatic hydroxyl groups is 1. The van der Waals surface area contributed by atoms with Gasteiger partial charge in [0, 0.05) is 6.04 Å². The minimum atomic E-state index is -0.234. The molecular weight excluding hydrogens is 224 g/mol. The normalized spacial score (nSPS) is 23.9. The third kappa shape index (κ3) is 2.59. The molecule has 16 heavy (non-hydrogen) atoms. The number of hydrogen-bond donors (Lipinski definition) is 2. The number of nitrogens with one attached hydrogen (secondary N) is 1. The standard InChI is InChI=1S/C11H16N2O2S/c1-2-3-10-12-6-9(16-10)11(15)13-7-4-8(14)5-7/h6-8,14H,2-5H2,1H3,(H,13,15). The molecule has 1 aliphatic carbocycles. The van der Waals surface area contributed by atoms with E-state index < -0.39 is 0 Å². The summed E-state index contributed by atoms with van der Waals surface area (Å²) < 4.78 is 0. The van der Waals surface area contributed by atoms with Gasteiger partial charge in [-0.3, -0.25) is 4.79 Å². The van der Waals surface area contributed by atoms with E-state index in [1.807, 2.05) is 0 Å². The van der Waals surface area contributed by atoms with Gasteiger partial charge < -0.3 is 10.4 Å². The zero-order valence-corrected chi connectivity index (χ0v) is 10.1. The Hall–Kier alpha value is -0.940. The lowest BCUT2D eigenvalue weighted by Crippen LogP contribution is -2.46. The van der Waals surface area contributed by atoms with Crippen molar-refractivity contribution in [3.05, 3.63) is 16.1 Å². The number of thiazole rings is 1. The summed E-state index contributed by atoms with van der Waals surface area (Å²) in [4.78, 5) is 16.6. The molecule has 0 unspecified atom stereocenters. The number of hydrogen-bond acceptors (Lipinski definition) is 4. The van der Waals surface area contributed by atoms with E-state index in [0.717, 1.165) is 17.8 Å². The molecule has 2 rings (SSSR count). The van der Waals surface area contributed by atoms with Crippen molar-refractivity contribution in [1.82, 2.24) is 10.3 Å². The highest BCUT2D eigenvalue weighted by Gasteiger charge is 2.28. The van der Waals surface area contributed by atoms with Crippen LogP contribution in [0.5, 0.6) is 0 Å². The van der Waals surface area contributed by atoms with Gasteiger partial charge in [-0.2, -0.15) is 0 Å². The summed E-state index contributed by atoms with van der Waals surface area (Å²) in [7, 11) is 0. The van der Waals surface area contributed by atoms with Crippen molar-refractivity contribution in [3.8, 4) is 0 Å². The number of nitrogens with zero attached hydrogens (tertiary/aromatic N) is 1. The topological polar surface area (TPSA) is 62.2 Å². The molecule has 1 aromatic heterocycles. The molecule has 2 N–H and O–H groups in total. The molecule has 1 saturated carbocycles. The van der Waals surface area contributed by atoms with E-state index in [-0.39, 0.29) is 18.1 Å². The molecule has 1 amide bonds. The van der Waals surface area contributed by atoms with Crippen molar-refractivity contribution in [2.24, 2.45) is 0 Å². The minimum Gasteiger partial charge on any atom is -0.393 e. The number of amides is 1. The van der Waals surface area contributed by atoms with Crippen LogP contribution < -0.4 is 5.32 Å². The summed E-state index contributed by atoms with van der Waals surface area (Å²) in [5.74, 6) is -0.0586. The van der Waals surface area contributed by atoms with E-state index in [1.165, 1.54) is 11.3 Å².